The van der Waals surface area contributed by atoms with Crippen LogP contribution < -0.4 is 5.32 Å². The van der Waals surface area contributed by atoms with E-state index in [-0.39, 0.29) is 12.5 Å². The standard InChI is InChI=1S/C8H15NO4/c1-3-5(2)9-6(8(12)13)4-7(10)11/h5-6,9H,3-4H2,1-2H3,(H,10,11)(H,12,13). The minimum atomic E-state index is -1.12. The van der Waals surface area contributed by atoms with Crippen LogP contribution >= 0.6 is 0 Å². The van der Waals surface area contributed by atoms with E-state index in [1.165, 1.54) is 0 Å². The second-order valence-electron chi connectivity index (χ2n) is 2.96. The summed E-state index contributed by atoms with van der Waals surface area (Å²) in [4.78, 5) is 20.8. The van der Waals surface area contributed by atoms with Crippen molar-refractivity contribution in [3.8, 4) is 0 Å². The SMILES string of the molecule is CCC(C)NC(CC(=O)O)C(=O)O. The summed E-state index contributed by atoms with van der Waals surface area (Å²) in [5.74, 6) is -2.23. The van der Waals surface area contributed by atoms with E-state index < -0.39 is 18.0 Å². The van der Waals surface area contributed by atoms with Crippen molar-refractivity contribution in [3.05, 3.63) is 0 Å². The zero-order valence-corrected chi connectivity index (χ0v) is 7.78. The van der Waals surface area contributed by atoms with E-state index in [2.05, 4.69) is 5.32 Å². The lowest BCUT2D eigenvalue weighted by Crippen LogP contribution is -2.43. The Balaban J connectivity index is 4.10. The van der Waals surface area contributed by atoms with Gasteiger partial charge in [0.2, 0.25) is 0 Å². The van der Waals surface area contributed by atoms with Gasteiger partial charge in [0.15, 0.2) is 0 Å². The number of hydrogen-bond acceptors (Lipinski definition) is 3. The second kappa shape index (κ2) is 5.53. The molecule has 0 bridgehead atoms. The third-order valence-electron chi connectivity index (χ3n) is 1.77. The number of carbonyl (C=O) groups is 2. The molecular weight excluding hydrogens is 174 g/mol. The summed E-state index contributed by atoms with van der Waals surface area (Å²) in [6, 6.07) is -0.979. The molecule has 0 fully saturated rings. The van der Waals surface area contributed by atoms with Crippen LogP contribution in [0.2, 0.25) is 0 Å². The zero-order valence-electron chi connectivity index (χ0n) is 7.78. The second-order valence-corrected chi connectivity index (χ2v) is 2.96. The lowest BCUT2D eigenvalue weighted by atomic mass is 10.1. The average Bonchev–Trinajstić information content (AvgIpc) is 2.02. The molecule has 3 N–H and O–H groups in total. The molecule has 13 heavy (non-hydrogen) atoms. The van der Waals surface area contributed by atoms with Gasteiger partial charge < -0.3 is 15.5 Å². The molecule has 0 aliphatic heterocycles. The smallest absolute Gasteiger partial charge is 0.321 e. The molecule has 0 saturated carbocycles. The Bertz CT molecular complexity index is 193. The quantitative estimate of drug-likeness (QED) is 0.559. The van der Waals surface area contributed by atoms with Crippen LogP contribution in [0.5, 0.6) is 0 Å². The van der Waals surface area contributed by atoms with Gasteiger partial charge in [0.05, 0.1) is 6.42 Å². The molecule has 5 nitrogen and oxygen atoms in total. The predicted molar refractivity (Wildman–Crippen MR) is 46.6 cm³/mol. The third kappa shape index (κ3) is 5.19. The molecule has 2 atom stereocenters. The molecule has 0 aromatic heterocycles. The van der Waals surface area contributed by atoms with Gasteiger partial charge >= 0.3 is 11.9 Å². The van der Waals surface area contributed by atoms with E-state index in [0.29, 0.717) is 0 Å². The van der Waals surface area contributed by atoms with E-state index >= 15 is 0 Å². The van der Waals surface area contributed by atoms with Gasteiger partial charge in [0.1, 0.15) is 6.04 Å². The number of rotatable bonds is 6. The van der Waals surface area contributed by atoms with Gasteiger partial charge in [-0.1, -0.05) is 6.92 Å². The molecule has 76 valence electrons. The highest BCUT2D eigenvalue weighted by atomic mass is 16.4. The van der Waals surface area contributed by atoms with E-state index in [1.54, 1.807) is 0 Å². The van der Waals surface area contributed by atoms with Gasteiger partial charge in [-0.05, 0) is 13.3 Å². The Morgan fingerprint density at radius 1 is 1.38 bits per heavy atom. The van der Waals surface area contributed by atoms with Gasteiger partial charge in [-0.2, -0.15) is 0 Å². The van der Waals surface area contributed by atoms with Crippen LogP contribution in [0.1, 0.15) is 26.7 Å². The molecule has 0 heterocycles. The number of aliphatic carboxylic acids is 2. The predicted octanol–water partition coefficient (Wildman–Crippen LogP) is 0.302. The first kappa shape index (κ1) is 11.9. The fourth-order valence-corrected chi connectivity index (χ4v) is 0.853. The Morgan fingerprint density at radius 2 is 1.92 bits per heavy atom. The average molecular weight is 189 g/mol. The summed E-state index contributed by atoms with van der Waals surface area (Å²) in [7, 11) is 0. The van der Waals surface area contributed by atoms with Crippen molar-refractivity contribution in [1.29, 1.82) is 0 Å². The van der Waals surface area contributed by atoms with Crippen LogP contribution in [0.15, 0.2) is 0 Å². The summed E-state index contributed by atoms with van der Waals surface area (Å²) in [5, 5.41) is 19.8. The lowest BCUT2D eigenvalue weighted by molar-refractivity contribution is -0.146. The molecule has 0 saturated heterocycles. The maximum atomic E-state index is 10.6. The van der Waals surface area contributed by atoms with Gasteiger partial charge in [-0.25, -0.2) is 0 Å². The fraction of sp³-hybridized carbons (Fsp3) is 0.750. The van der Waals surface area contributed by atoms with Gasteiger partial charge in [-0.15, -0.1) is 0 Å². The first-order chi connectivity index (χ1) is 5.97. The molecule has 0 aromatic rings. The summed E-state index contributed by atoms with van der Waals surface area (Å²) in [5.41, 5.74) is 0. The number of carboxylic acid groups (broad SMARTS) is 2. The Kier molecular flexibility index (Phi) is 5.06. The van der Waals surface area contributed by atoms with E-state index in [4.69, 9.17) is 10.2 Å². The molecule has 0 amide bonds. The normalized spacial score (nSPS) is 14.9. The minimum Gasteiger partial charge on any atom is -0.481 e. The maximum absolute atomic E-state index is 10.6. The van der Waals surface area contributed by atoms with Crippen molar-refractivity contribution in [1.82, 2.24) is 5.32 Å². The van der Waals surface area contributed by atoms with Crippen molar-refractivity contribution in [3.63, 3.8) is 0 Å². The van der Waals surface area contributed by atoms with Crippen LogP contribution in [0.25, 0.3) is 0 Å². The van der Waals surface area contributed by atoms with Crippen LogP contribution in [0.3, 0.4) is 0 Å². The summed E-state index contributed by atoms with van der Waals surface area (Å²) >= 11 is 0. The number of carboxylic acids is 2. The highest BCUT2D eigenvalue weighted by Crippen LogP contribution is 1.97. The Labute approximate surface area is 76.8 Å². The van der Waals surface area contributed by atoms with Gasteiger partial charge in [-0.3, -0.25) is 9.59 Å². The molecule has 0 spiro atoms. The van der Waals surface area contributed by atoms with Gasteiger partial charge in [0.25, 0.3) is 0 Å². The minimum absolute atomic E-state index is 0.0143. The molecule has 0 rings (SSSR count). The summed E-state index contributed by atoms with van der Waals surface area (Å²) in [6.07, 6.45) is 0.378. The Morgan fingerprint density at radius 3 is 2.23 bits per heavy atom. The number of hydrogen-bond donors (Lipinski definition) is 3. The summed E-state index contributed by atoms with van der Waals surface area (Å²) < 4.78 is 0. The van der Waals surface area contributed by atoms with Crippen molar-refractivity contribution in [2.45, 2.75) is 38.8 Å². The van der Waals surface area contributed by atoms with E-state index in [9.17, 15) is 9.59 Å². The monoisotopic (exact) mass is 189 g/mol. The topological polar surface area (TPSA) is 86.6 Å². The number of nitrogens with one attached hydrogen (secondary N) is 1. The van der Waals surface area contributed by atoms with Crippen LogP contribution in [0.4, 0.5) is 0 Å². The highest BCUT2D eigenvalue weighted by Gasteiger charge is 2.21. The summed E-state index contributed by atoms with van der Waals surface area (Å²) in [6.45, 7) is 3.72. The first-order valence-corrected chi connectivity index (χ1v) is 4.18. The van der Waals surface area contributed by atoms with Crippen LogP contribution in [-0.4, -0.2) is 34.2 Å². The van der Waals surface area contributed by atoms with Crippen molar-refractivity contribution in [2.75, 3.05) is 0 Å². The third-order valence-corrected chi connectivity index (χ3v) is 1.77. The highest BCUT2D eigenvalue weighted by molar-refractivity contribution is 5.80. The maximum Gasteiger partial charge on any atom is 0.321 e. The molecular formula is C8H15NO4. The molecule has 0 radical (unpaired) electrons. The van der Waals surface area contributed by atoms with Crippen molar-refractivity contribution >= 4 is 11.9 Å². The lowest BCUT2D eigenvalue weighted by Gasteiger charge is -2.17. The van der Waals surface area contributed by atoms with Crippen molar-refractivity contribution in [2.24, 2.45) is 0 Å². The van der Waals surface area contributed by atoms with Gasteiger partial charge in [0, 0.05) is 6.04 Å². The van der Waals surface area contributed by atoms with E-state index in [1.807, 2.05) is 13.8 Å². The first-order valence-electron chi connectivity index (χ1n) is 4.18. The molecule has 0 aliphatic carbocycles. The molecule has 0 aromatic carbocycles. The fourth-order valence-electron chi connectivity index (χ4n) is 0.853. The van der Waals surface area contributed by atoms with Crippen LogP contribution in [0, 0.1) is 0 Å². The van der Waals surface area contributed by atoms with Crippen LogP contribution in [-0.2, 0) is 9.59 Å². The largest absolute Gasteiger partial charge is 0.481 e. The molecule has 5 heteroatoms. The van der Waals surface area contributed by atoms with Crippen molar-refractivity contribution < 1.29 is 19.8 Å². The zero-order chi connectivity index (χ0) is 10.4. The Hall–Kier alpha value is -1.10. The molecule has 0 aliphatic rings. The molecule has 2 unspecified atom stereocenters. The van der Waals surface area contributed by atoms with E-state index in [0.717, 1.165) is 6.42 Å².